The van der Waals surface area contributed by atoms with Gasteiger partial charge in [0, 0.05) is 0 Å². The molecule has 2 atom stereocenters. The molecule has 31 heavy (non-hydrogen) atoms. The van der Waals surface area contributed by atoms with E-state index in [2.05, 4.69) is 4.90 Å². The van der Waals surface area contributed by atoms with Gasteiger partial charge in [0.15, 0.2) is 23.0 Å². The number of nitrogens with zero attached hydrogens (tertiary/aromatic N) is 1. The van der Waals surface area contributed by atoms with Crippen LogP contribution in [0.5, 0.6) is 23.0 Å². The summed E-state index contributed by atoms with van der Waals surface area (Å²) in [5.74, 6) is 1.95. The van der Waals surface area contributed by atoms with E-state index >= 15 is 0 Å². The SMILES string of the molecule is CCOc1ccc(C(c2ccc3c(c2)OCO3)N2CCCCC2C(=O)O)cc1OCC. The van der Waals surface area contributed by atoms with Crippen molar-refractivity contribution in [2.45, 2.75) is 45.2 Å². The van der Waals surface area contributed by atoms with Crippen LogP contribution in [0.25, 0.3) is 0 Å². The van der Waals surface area contributed by atoms with Crippen molar-refractivity contribution in [2.24, 2.45) is 0 Å². The van der Waals surface area contributed by atoms with Crippen molar-refractivity contribution in [1.29, 1.82) is 0 Å². The average Bonchev–Trinajstić information content (AvgIpc) is 3.24. The second-order valence-corrected chi connectivity index (χ2v) is 7.68. The van der Waals surface area contributed by atoms with Crippen molar-refractivity contribution in [3.63, 3.8) is 0 Å². The molecule has 0 aliphatic carbocycles. The maximum absolute atomic E-state index is 12.1. The molecule has 1 N–H and O–H groups in total. The summed E-state index contributed by atoms with van der Waals surface area (Å²) in [6.45, 7) is 5.82. The number of aliphatic carboxylic acids is 1. The first-order chi connectivity index (χ1) is 15.1. The number of likely N-dealkylation sites (tertiary alicyclic amines) is 1. The van der Waals surface area contributed by atoms with Gasteiger partial charge in [-0.2, -0.15) is 0 Å². The molecule has 2 aromatic rings. The van der Waals surface area contributed by atoms with E-state index in [1.54, 1.807) is 0 Å². The highest BCUT2D eigenvalue weighted by Gasteiger charge is 2.36. The second-order valence-electron chi connectivity index (χ2n) is 7.68. The van der Waals surface area contributed by atoms with Gasteiger partial charge >= 0.3 is 5.97 Å². The number of carboxylic acids is 1. The lowest BCUT2D eigenvalue weighted by molar-refractivity contribution is -0.145. The van der Waals surface area contributed by atoms with Crippen LogP contribution >= 0.6 is 0 Å². The Balaban J connectivity index is 1.80. The summed E-state index contributed by atoms with van der Waals surface area (Å²) in [4.78, 5) is 14.2. The Hall–Kier alpha value is -2.93. The van der Waals surface area contributed by atoms with Gasteiger partial charge in [0.2, 0.25) is 6.79 Å². The standard InChI is InChI=1S/C24H29NO6/c1-3-28-19-10-8-16(13-21(19)29-4-2)23(25-12-6-5-7-18(25)24(26)27)17-9-11-20-22(14-17)31-15-30-20/h8-11,13-14,18,23H,3-7,12,15H2,1-2H3,(H,26,27). The number of carbonyl (C=O) groups is 1. The Bertz CT molecular complexity index is 930. The highest BCUT2D eigenvalue weighted by Crippen LogP contribution is 2.41. The molecular formula is C24H29NO6. The summed E-state index contributed by atoms with van der Waals surface area (Å²) in [5, 5.41) is 9.93. The third-order valence-corrected chi connectivity index (χ3v) is 5.76. The van der Waals surface area contributed by atoms with Crippen molar-refractivity contribution in [2.75, 3.05) is 26.6 Å². The first-order valence-electron chi connectivity index (χ1n) is 10.9. The third-order valence-electron chi connectivity index (χ3n) is 5.76. The highest BCUT2D eigenvalue weighted by molar-refractivity contribution is 5.73. The molecule has 7 heteroatoms. The maximum atomic E-state index is 12.1. The van der Waals surface area contributed by atoms with Gasteiger partial charge in [-0.15, -0.1) is 0 Å². The average molecular weight is 427 g/mol. The van der Waals surface area contributed by atoms with Gasteiger partial charge in [-0.1, -0.05) is 18.6 Å². The molecule has 2 aliphatic rings. The van der Waals surface area contributed by atoms with Crippen LogP contribution in [0.1, 0.15) is 50.3 Å². The lowest BCUT2D eigenvalue weighted by Crippen LogP contribution is -2.46. The number of hydrogen-bond donors (Lipinski definition) is 1. The molecule has 0 spiro atoms. The summed E-state index contributed by atoms with van der Waals surface area (Å²) in [6.07, 6.45) is 2.50. The summed E-state index contributed by atoms with van der Waals surface area (Å²) in [7, 11) is 0. The minimum atomic E-state index is -0.790. The quantitative estimate of drug-likeness (QED) is 0.675. The van der Waals surface area contributed by atoms with Crippen molar-refractivity contribution in [1.82, 2.24) is 4.90 Å². The van der Waals surface area contributed by atoms with Gasteiger partial charge in [-0.3, -0.25) is 9.69 Å². The van der Waals surface area contributed by atoms with Crippen LogP contribution in [0, 0.1) is 0 Å². The molecule has 2 unspecified atom stereocenters. The van der Waals surface area contributed by atoms with Gasteiger partial charge in [0.1, 0.15) is 6.04 Å². The van der Waals surface area contributed by atoms with Crippen LogP contribution < -0.4 is 18.9 Å². The van der Waals surface area contributed by atoms with Gasteiger partial charge in [0.05, 0.1) is 19.3 Å². The normalized spacial score (nSPS) is 19.1. The van der Waals surface area contributed by atoms with Crippen LogP contribution in [0.2, 0.25) is 0 Å². The van der Waals surface area contributed by atoms with E-state index in [1.807, 2.05) is 50.2 Å². The maximum Gasteiger partial charge on any atom is 0.320 e. The molecule has 166 valence electrons. The zero-order valence-corrected chi connectivity index (χ0v) is 18.0. The molecular weight excluding hydrogens is 398 g/mol. The molecule has 2 aliphatic heterocycles. The van der Waals surface area contributed by atoms with Gasteiger partial charge in [-0.05, 0) is 68.6 Å². The lowest BCUT2D eigenvalue weighted by atomic mass is 9.91. The van der Waals surface area contributed by atoms with Crippen LogP contribution in [-0.2, 0) is 4.79 Å². The van der Waals surface area contributed by atoms with Crippen LogP contribution in [0.15, 0.2) is 36.4 Å². The molecule has 4 rings (SSSR count). The Morgan fingerprint density at radius 1 is 1.03 bits per heavy atom. The number of piperidine rings is 1. The number of benzene rings is 2. The van der Waals surface area contributed by atoms with Gasteiger partial charge < -0.3 is 24.1 Å². The van der Waals surface area contributed by atoms with Crippen molar-refractivity contribution >= 4 is 5.97 Å². The Kier molecular flexibility index (Phi) is 6.51. The number of hydrogen-bond acceptors (Lipinski definition) is 6. The fourth-order valence-electron chi connectivity index (χ4n) is 4.42. The van der Waals surface area contributed by atoms with Crippen molar-refractivity contribution < 1.29 is 28.8 Å². The molecule has 0 saturated carbocycles. The fourth-order valence-corrected chi connectivity index (χ4v) is 4.42. The number of fused-ring (bicyclic) bond motifs is 1. The van der Waals surface area contributed by atoms with Crippen LogP contribution in [0.3, 0.4) is 0 Å². The fraction of sp³-hybridized carbons (Fsp3) is 0.458. The summed E-state index contributed by atoms with van der Waals surface area (Å²) >= 11 is 0. The van der Waals surface area contributed by atoms with Gasteiger partial charge in [-0.25, -0.2) is 0 Å². The van der Waals surface area contributed by atoms with Crippen LogP contribution in [-0.4, -0.2) is 48.6 Å². The third kappa shape index (κ3) is 4.42. The Morgan fingerprint density at radius 2 is 1.74 bits per heavy atom. The lowest BCUT2D eigenvalue weighted by Gasteiger charge is -2.39. The van der Waals surface area contributed by atoms with E-state index < -0.39 is 12.0 Å². The Labute approximate surface area is 182 Å². The van der Waals surface area contributed by atoms with Gasteiger partial charge in [0.25, 0.3) is 0 Å². The molecule has 2 aromatic carbocycles. The van der Waals surface area contributed by atoms with E-state index in [0.717, 1.165) is 24.0 Å². The number of ether oxygens (including phenoxy) is 4. The highest BCUT2D eigenvalue weighted by atomic mass is 16.7. The smallest absolute Gasteiger partial charge is 0.320 e. The molecule has 0 bridgehead atoms. The molecule has 0 amide bonds. The zero-order valence-electron chi connectivity index (χ0n) is 18.0. The monoisotopic (exact) mass is 427 g/mol. The van der Waals surface area contributed by atoms with Crippen molar-refractivity contribution in [3.05, 3.63) is 47.5 Å². The second kappa shape index (κ2) is 9.47. The number of rotatable bonds is 8. The van der Waals surface area contributed by atoms with E-state index in [9.17, 15) is 9.90 Å². The first-order valence-corrected chi connectivity index (χ1v) is 10.9. The predicted molar refractivity (Wildman–Crippen MR) is 115 cm³/mol. The minimum Gasteiger partial charge on any atom is -0.490 e. The van der Waals surface area contributed by atoms with E-state index in [4.69, 9.17) is 18.9 Å². The van der Waals surface area contributed by atoms with Crippen LogP contribution in [0.4, 0.5) is 0 Å². The topological polar surface area (TPSA) is 77.5 Å². The molecule has 1 fully saturated rings. The minimum absolute atomic E-state index is 0.197. The summed E-state index contributed by atoms with van der Waals surface area (Å²) < 4.78 is 22.6. The zero-order chi connectivity index (χ0) is 21.8. The molecule has 0 radical (unpaired) electrons. The summed E-state index contributed by atoms with van der Waals surface area (Å²) in [5.41, 5.74) is 1.92. The molecule has 0 aromatic heterocycles. The summed E-state index contributed by atoms with van der Waals surface area (Å²) in [6, 6.07) is 10.9. The molecule has 7 nitrogen and oxygen atoms in total. The predicted octanol–water partition coefficient (Wildman–Crippen LogP) is 4.24. The largest absolute Gasteiger partial charge is 0.490 e. The first kappa shape index (κ1) is 21.3. The van der Waals surface area contributed by atoms with E-state index in [-0.39, 0.29) is 12.8 Å². The van der Waals surface area contributed by atoms with E-state index in [1.165, 1.54) is 0 Å². The van der Waals surface area contributed by atoms with Crippen molar-refractivity contribution in [3.8, 4) is 23.0 Å². The molecule has 2 heterocycles. The molecule has 1 saturated heterocycles. The Morgan fingerprint density at radius 3 is 2.52 bits per heavy atom. The number of carboxylic acid groups (broad SMARTS) is 1. The van der Waals surface area contributed by atoms with E-state index in [0.29, 0.717) is 49.2 Å².